The van der Waals surface area contributed by atoms with Crippen LogP contribution in [-0.4, -0.2) is 34.7 Å². The van der Waals surface area contributed by atoms with Gasteiger partial charge in [-0.2, -0.15) is 5.10 Å². The van der Waals surface area contributed by atoms with E-state index in [1.165, 1.54) is 4.68 Å². The Morgan fingerprint density at radius 3 is 2.52 bits per heavy atom. The van der Waals surface area contributed by atoms with Gasteiger partial charge in [0, 0.05) is 13.6 Å². The maximum Gasteiger partial charge on any atom is 0.269 e. The summed E-state index contributed by atoms with van der Waals surface area (Å²) in [5, 5.41) is 6.90. The molecule has 0 aliphatic rings. The van der Waals surface area contributed by atoms with Crippen LogP contribution in [0, 0.1) is 12.8 Å². The lowest BCUT2D eigenvalue weighted by Gasteiger charge is -2.15. The largest absolute Gasteiger partial charge is 0.494 e. The number of nitrogens with two attached hydrogens (primary N) is 1. The molecule has 1 atom stereocenters. The zero-order valence-electron chi connectivity index (χ0n) is 14.8. The molecule has 0 saturated carbocycles. The molecule has 0 fully saturated rings. The Morgan fingerprint density at radius 1 is 1.32 bits per heavy atom. The molecule has 2 amide bonds. The molecule has 2 aromatic rings. The number of aromatic nitrogens is 2. The minimum absolute atomic E-state index is 0.172. The van der Waals surface area contributed by atoms with Crippen molar-refractivity contribution in [2.24, 2.45) is 18.7 Å². The highest BCUT2D eigenvalue weighted by Crippen LogP contribution is 2.15. The minimum atomic E-state index is -0.490. The lowest BCUT2D eigenvalue weighted by atomic mass is 9.98. The highest BCUT2D eigenvalue weighted by molar-refractivity contribution is 5.93. The molecular formula is C18H24N4O3. The van der Waals surface area contributed by atoms with Gasteiger partial charge < -0.3 is 15.8 Å². The Balaban J connectivity index is 1.97. The van der Waals surface area contributed by atoms with Gasteiger partial charge in [0.2, 0.25) is 5.91 Å². The van der Waals surface area contributed by atoms with E-state index in [0.717, 1.165) is 17.0 Å². The van der Waals surface area contributed by atoms with E-state index in [9.17, 15) is 9.59 Å². The summed E-state index contributed by atoms with van der Waals surface area (Å²) in [6.07, 6.45) is 0.451. The first-order valence-corrected chi connectivity index (χ1v) is 8.20. The van der Waals surface area contributed by atoms with E-state index >= 15 is 0 Å². The van der Waals surface area contributed by atoms with Gasteiger partial charge in [0.15, 0.2) is 0 Å². The monoisotopic (exact) mass is 344 g/mol. The summed E-state index contributed by atoms with van der Waals surface area (Å²) in [4.78, 5) is 24.0. The summed E-state index contributed by atoms with van der Waals surface area (Å²) in [5.41, 5.74) is 7.65. The van der Waals surface area contributed by atoms with Gasteiger partial charge >= 0.3 is 0 Å². The molecule has 1 aromatic carbocycles. The number of amides is 2. The quantitative estimate of drug-likeness (QED) is 0.751. The molecule has 0 saturated heterocycles. The predicted molar refractivity (Wildman–Crippen MR) is 94.3 cm³/mol. The number of ether oxygens (including phenoxy) is 1. The molecule has 1 aromatic heterocycles. The maximum atomic E-state index is 12.2. The number of primary amides is 1. The van der Waals surface area contributed by atoms with Crippen molar-refractivity contribution in [3.8, 4) is 5.75 Å². The number of nitrogens with zero attached hydrogens (tertiary/aromatic N) is 2. The van der Waals surface area contributed by atoms with E-state index in [0.29, 0.717) is 18.7 Å². The SMILES string of the molecule is CCOc1ccc(C[C@@H](CNC(=O)c2cc(C)nn2C)C(N)=O)cc1. The lowest BCUT2D eigenvalue weighted by Crippen LogP contribution is -2.37. The molecule has 2 rings (SSSR count). The number of hydrogen-bond acceptors (Lipinski definition) is 4. The van der Waals surface area contributed by atoms with Crippen LogP contribution in [0.3, 0.4) is 0 Å². The van der Waals surface area contributed by atoms with E-state index in [-0.39, 0.29) is 12.5 Å². The van der Waals surface area contributed by atoms with E-state index < -0.39 is 11.8 Å². The van der Waals surface area contributed by atoms with Crippen LogP contribution in [-0.2, 0) is 18.3 Å². The van der Waals surface area contributed by atoms with E-state index in [2.05, 4.69) is 10.4 Å². The summed E-state index contributed by atoms with van der Waals surface area (Å²) in [5.74, 6) is -0.436. The number of nitrogens with one attached hydrogen (secondary N) is 1. The topological polar surface area (TPSA) is 99.2 Å². The fourth-order valence-electron chi connectivity index (χ4n) is 2.58. The maximum absolute atomic E-state index is 12.2. The number of hydrogen-bond donors (Lipinski definition) is 2. The van der Waals surface area contributed by atoms with E-state index in [1.54, 1.807) is 13.1 Å². The van der Waals surface area contributed by atoms with E-state index in [1.807, 2.05) is 38.1 Å². The number of aryl methyl sites for hydroxylation is 2. The normalized spacial score (nSPS) is 11.8. The van der Waals surface area contributed by atoms with Crippen molar-refractivity contribution in [1.82, 2.24) is 15.1 Å². The second kappa shape index (κ2) is 8.32. The Labute approximate surface area is 147 Å². The van der Waals surface area contributed by atoms with Crippen molar-refractivity contribution in [3.05, 3.63) is 47.3 Å². The molecule has 134 valence electrons. The predicted octanol–water partition coefficient (Wildman–Crippen LogP) is 1.20. The molecular weight excluding hydrogens is 320 g/mol. The van der Waals surface area contributed by atoms with Gasteiger partial charge in [-0.3, -0.25) is 14.3 Å². The van der Waals surface area contributed by atoms with Crippen LogP contribution in [0.5, 0.6) is 5.75 Å². The number of rotatable bonds is 8. The smallest absolute Gasteiger partial charge is 0.269 e. The lowest BCUT2D eigenvalue weighted by molar-refractivity contribution is -0.121. The van der Waals surface area contributed by atoms with Crippen LogP contribution < -0.4 is 15.8 Å². The second-order valence-corrected chi connectivity index (χ2v) is 5.88. The summed E-state index contributed by atoms with van der Waals surface area (Å²) in [6.45, 7) is 4.51. The van der Waals surface area contributed by atoms with Crippen molar-refractivity contribution in [2.75, 3.05) is 13.2 Å². The van der Waals surface area contributed by atoms with Gasteiger partial charge in [0.05, 0.1) is 18.2 Å². The molecule has 0 unspecified atom stereocenters. The van der Waals surface area contributed by atoms with Gasteiger partial charge in [0.1, 0.15) is 11.4 Å². The molecule has 3 N–H and O–H groups in total. The zero-order chi connectivity index (χ0) is 18.4. The molecule has 7 heteroatoms. The van der Waals surface area contributed by atoms with Gasteiger partial charge in [0.25, 0.3) is 5.91 Å². The number of carbonyl (C=O) groups is 2. The van der Waals surface area contributed by atoms with Crippen LogP contribution in [0.2, 0.25) is 0 Å². The minimum Gasteiger partial charge on any atom is -0.494 e. The standard InChI is InChI=1S/C18H24N4O3/c1-4-25-15-7-5-13(6-8-15)10-14(17(19)23)11-20-18(24)16-9-12(2)21-22(16)3/h5-9,14H,4,10-11H2,1-3H3,(H2,19,23)(H,20,24)/t14-/m0/s1. The summed E-state index contributed by atoms with van der Waals surface area (Å²) < 4.78 is 6.91. The van der Waals surface area contributed by atoms with E-state index in [4.69, 9.17) is 10.5 Å². The third-order valence-electron chi connectivity index (χ3n) is 3.86. The highest BCUT2D eigenvalue weighted by Gasteiger charge is 2.19. The fourth-order valence-corrected chi connectivity index (χ4v) is 2.58. The van der Waals surface area contributed by atoms with Crippen LogP contribution in [0.1, 0.15) is 28.7 Å². The molecule has 0 aliphatic heterocycles. The first-order chi connectivity index (χ1) is 11.9. The van der Waals surface area contributed by atoms with Gasteiger partial charge in [-0.15, -0.1) is 0 Å². The first kappa shape index (κ1) is 18.5. The Bertz CT molecular complexity index is 737. The van der Waals surface area contributed by atoms with Gasteiger partial charge in [-0.25, -0.2) is 0 Å². The molecule has 25 heavy (non-hydrogen) atoms. The van der Waals surface area contributed by atoms with Crippen molar-refractivity contribution < 1.29 is 14.3 Å². The van der Waals surface area contributed by atoms with Crippen molar-refractivity contribution >= 4 is 11.8 Å². The van der Waals surface area contributed by atoms with Crippen LogP contribution in [0.25, 0.3) is 0 Å². The zero-order valence-corrected chi connectivity index (χ0v) is 14.8. The summed E-state index contributed by atoms with van der Waals surface area (Å²) in [6, 6.07) is 9.20. The van der Waals surface area contributed by atoms with Crippen molar-refractivity contribution in [1.29, 1.82) is 0 Å². The van der Waals surface area contributed by atoms with Crippen molar-refractivity contribution in [2.45, 2.75) is 20.3 Å². The number of carbonyl (C=O) groups excluding carboxylic acids is 2. The summed E-state index contributed by atoms with van der Waals surface area (Å²) in [7, 11) is 1.70. The molecule has 1 heterocycles. The van der Waals surface area contributed by atoms with Crippen LogP contribution >= 0.6 is 0 Å². The highest BCUT2D eigenvalue weighted by atomic mass is 16.5. The molecule has 7 nitrogen and oxygen atoms in total. The molecule has 0 radical (unpaired) electrons. The third-order valence-corrected chi connectivity index (χ3v) is 3.86. The Morgan fingerprint density at radius 2 is 2.00 bits per heavy atom. The fraction of sp³-hybridized carbons (Fsp3) is 0.389. The third kappa shape index (κ3) is 5.07. The Kier molecular flexibility index (Phi) is 6.16. The summed E-state index contributed by atoms with van der Waals surface area (Å²) >= 11 is 0. The van der Waals surface area contributed by atoms with Gasteiger partial charge in [-0.1, -0.05) is 12.1 Å². The van der Waals surface area contributed by atoms with Crippen LogP contribution in [0.4, 0.5) is 0 Å². The average molecular weight is 344 g/mol. The van der Waals surface area contributed by atoms with Gasteiger partial charge in [-0.05, 0) is 44.0 Å². The molecule has 0 aliphatic carbocycles. The average Bonchev–Trinajstić information content (AvgIpc) is 2.91. The first-order valence-electron chi connectivity index (χ1n) is 8.20. The Hall–Kier alpha value is -2.83. The van der Waals surface area contributed by atoms with Crippen molar-refractivity contribution in [3.63, 3.8) is 0 Å². The van der Waals surface area contributed by atoms with Crippen LogP contribution in [0.15, 0.2) is 30.3 Å². The second-order valence-electron chi connectivity index (χ2n) is 5.88. The molecule has 0 bridgehead atoms. The molecule has 0 spiro atoms. The number of benzene rings is 1.